The van der Waals surface area contributed by atoms with E-state index in [1.165, 1.54) is 12.8 Å². The van der Waals surface area contributed by atoms with Crippen molar-refractivity contribution < 1.29 is 40.8 Å². The van der Waals surface area contributed by atoms with E-state index in [0.29, 0.717) is 0 Å². The monoisotopic (exact) mass is 200 g/mol. The van der Waals surface area contributed by atoms with E-state index in [-0.39, 0.29) is 40.8 Å². The maximum Gasteiger partial charge on any atom is 0 e. The molecule has 0 radical (unpaired) electrons. The molecule has 0 atom stereocenters. The Morgan fingerprint density at radius 1 is 1.00 bits per heavy atom. The molecule has 0 spiro atoms. The van der Waals surface area contributed by atoms with Gasteiger partial charge in [0.2, 0.25) is 0 Å². The summed E-state index contributed by atoms with van der Waals surface area (Å²) in [5, 5.41) is 0. The third kappa shape index (κ3) is 10.9. The van der Waals surface area contributed by atoms with Crippen molar-refractivity contribution in [2.75, 3.05) is 0 Å². The average molecular weight is 202 g/mol. The molecule has 5 heavy (non-hydrogen) atoms. The zero-order valence-electron chi connectivity index (χ0n) is 3.91. The largest absolute Gasteiger partial charge is 0.0654 e. The first-order valence-corrected chi connectivity index (χ1v) is 1.91. The minimum atomic E-state index is 0. The molecule has 0 fully saturated rings. The molecular formula is C4H10Nd. The molecule has 0 aliphatic heterocycles. The van der Waals surface area contributed by atoms with E-state index in [2.05, 4.69) is 13.8 Å². The molecule has 0 rings (SSSR count). The van der Waals surface area contributed by atoms with Gasteiger partial charge in [-0.25, -0.2) is 0 Å². The molecular weight excluding hydrogens is 192 g/mol. The fourth-order valence-corrected chi connectivity index (χ4v) is 0. The summed E-state index contributed by atoms with van der Waals surface area (Å²) in [6, 6.07) is 0. The fourth-order valence-electron chi connectivity index (χ4n) is 0. The van der Waals surface area contributed by atoms with Gasteiger partial charge in [-0.3, -0.25) is 0 Å². The van der Waals surface area contributed by atoms with Crippen molar-refractivity contribution in [1.29, 1.82) is 0 Å². The first kappa shape index (κ1) is 9.61. The van der Waals surface area contributed by atoms with Gasteiger partial charge in [0.1, 0.15) is 0 Å². The van der Waals surface area contributed by atoms with Crippen molar-refractivity contribution in [3.8, 4) is 0 Å². The van der Waals surface area contributed by atoms with Gasteiger partial charge in [-0.2, -0.15) is 0 Å². The number of unbranched alkanes of at least 4 members (excludes halogenated alkanes) is 1. The Morgan fingerprint density at radius 3 is 1.20 bits per heavy atom. The Kier molecular flexibility index (Phi) is 17.3. The maximum absolute atomic E-state index is 2.18. The van der Waals surface area contributed by atoms with E-state index in [4.69, 9.17) is 0 Å². The fraction of sp³-hybridized carbons (Fsp3) is 1.00. The van der Waals surface area contributed by atoms with Crippen LogP contribution in [0, 0.1) is 40.8 Å². The van der Waals surface area contributed by atoms with Gasteiger partial charge in [-0.05, 0) is 0 Å². The van der Waals surface area contributed by atoms with E-state index >= 15 is 0 Å². The van der Waals surface area contributed by atoms with Gasteiger partial charge < -0.3 is 0 Å². The predicted molar refractivity (Wildman–Crippen MR) is 20.6 cm³/mol. The second-order valence-corrected chi connectivity index (χ2v) is 1.000. The van der Waals surface area contributed by atoms with Crippen LogP contribution in [0.4, 0.5) is 0 Å². The van der Waals surface area contributed by atoms with Crippen molar-refractivity contribution >= 4 is 0 Å². The zero-order chi connectivity index (χ0) is 3.41. The molecule has 0 saturated heterocycles. The summed E-state index contributed by atoms with van der Waals surface area (Å²) in [5.41, 5.74) is 0. The first-order chi connectivity index (χ1) is 1.91. The third-order valence-corrected chi connectivity index (χ3v) is 0.500. The van der Waals surface area contributed by atoms with Crippen LogP contribution in [0.3, 0.4) is 0 Å². The Morgan fingerprint density at radius 2 is 1.20 bits per heavy atom. The van der Waals surface area contributed by atoms with Gasteiger partial charge in [0, 0.05) is 40.8 Å². The zero-order valence-corrected chi connectivity index (χ0v) is 7.12. The molecule has 0 aromatic carbocycles. The van der Waals surface area contributed by atoms with E-state index in [1.54, 1.807) is 0 Å². The second-order valence-electron chi connectivity index (χ2n) is 1.000. The Bertz CT molecular complexity index is 5.61. The number of hydrogen-bond acceptors (Lipinski definition) is 0. The summed E-state index contributed by atoms with van der Waals surface area (Å²) in [7, 11) is 0. The van der Waals surface area contributed by atoms with Crippen molar-refractivity contribution in [2.24, 2.45) is 0 Å². The summed E-state index contributed by atoms with van der Waals surface area (Å²) < 4.78 is 0. The van der Waals surface area contributed by atoms with Gasteiger partial charge in [-0.15, -0.1) is 0 Å². The molecule has 0 aliphatic rings. The van der Waals surface area contributed by atoms with Crippen LogP contribution in [0.25, 0.3) is 0 Å². The minimum Gasteiger partial charge on any atom is -0.0654 e. The SMILES string of the molecule is CCCC.[Nd]. The third-order valence-electron chi connectivity index (χ3n) is 0.500. The molecule has 0 saturated carbocycles. The molecule has 0 nitrogen and oxygen atoms in total. The molecule has 0 aliphatic carbocycles. The Balaban J connectivity index is 0. The van der Waals surface area contributed by atoms with E-state index < -0.39 is 0 Å². The van der Waals surface area contributed by atoms with Gasteiger partial charge in [0.25, 0.3) is 0 Å². The summed E-state index contributed by atoms with van der Waals surface area (Å²) in [6.07, 6.45) is 2.64. The molecule has 0 amide bonds. The average Bonchev–Trinajstić information content (AvgIpc) is 1.37. The quantitative estimate of drug-likeness (QED) is 0.608. The van der Waals surface area contributed by atoms with Crippen LogP contribution in [-0.2, 0) is 0 Å². The van der Waals surface area contributed by atoms with Crippen LogP contribution in [0.1, 0.15) is 26.7 Å². The van der Waals surface area contributed by atoms with E-state index in [0.717, 1.165) is 0 Å². The molecule has 0 N–H and O–H groups in total. The second kappa shape index (κ2) is 9.02. The minimum absolute atomic E-state index is 0. The van der Waals surface area contributed by atoms with Crippen LogP contribution in [-0.4, -0.2) is 0 Å². The van der Waals surface area contributed by atoms with Crippen LogP contribution in [0.5, 0.6) is 0 Å². The number of rotatable bonds is 1. The van der Waals surface area contributed by atoms with E-state index in [9.17, 15) is 0 Å². The van der Waals surface area contributed by atoms with Crippen LogP contribution < -0.4 is 0 Å². The van der Waals surface area contributed by atoms with Crippen LogP contribution in [0.15, 0.2) is 0 Å². The van der Waals surface area contributed by atoms with Crippen molar-refractivity contribution in [1.82, 2.24) is 0 Å². The summed E-state index contributed by atoms with van der Waals surface area (Å²) in [5.74, 6) is 0. The Labute approximate surface area is 66.9 Å². The predicted octanol–water partition coefficient (Wildman–Crippen LogP) is 1.81. The molecule has 0 aromatic rings. The van der Waals surface area contributed by atoms with Gasteiger partial charge in [-0.1, -0.05) is 26.7 Å². The van der Waals surface area contributed by atoms with E-state index in [1.807, 2.05) is 0 Å². The smallest absolute Gasteiger partial charge is 0 e. The number of hydrogen-bond donors (Lipinski definition) is 0. The summed E-state index contributed by atoms with van der Waals surface area (Å²) >= 11 is 0. The topological polar surface area (TPSA) is 0 Å². The van der Waals surface area contributed by atoms with Gasteiger partial charge in [0.05, 0.1) is 0 Å². The van der Waals surface area contributed by atoms with Crippen molar-refractivity contribution in [2.45, 2.75) is 26.7 Å². The molecule has 0 aromatic heterocycles. The maximum atomic E-state index is 2.18. The van der Waals surface area contributed by atoms with Crippen LogP contribution in [0.2, 0.25) is 0 Å². The normalized spacial score (nSPS) is 6.00. The van der Waals surface area contributed by atoms with Crippen LogP contribution >= 0.6 is 0 Å². The molecule has 1 heteroatoms. The standard InChI is InChI=1S/C4H10.Nd/c1-3-4-2;/h3-4H2,1-2H3;. The molecule has 0 heterocycles. The van der Waals surface area contributed by atoms with Gasteiger partial charge >= 0.3 is 0 Å². The summed E-state index contributed by atoms with van der Waals surface area (Å²) in [4.78, 5) is 0. The van der Waals surface area contributed by atoms with Crippen molar-refractivity contribution in [3.63, 3.8) is 0 Å². The first-order valence-electron chi connectivity index (χ1n) is 1.91. The molecule has 0 unspecified atom stereocenters. The molecule has 0 bridgehead atoms. The Hall–Kier alpha value is 1.35. The summed E-state index contributed by atoms with van der Waals surface area (Å²) in [6.45, 7) is 4.36. The van der Waals surface area contributed by atoms with Gasteiger partial charge in [0.15, 0.2) is 0 Å². The van der Waals surface area contributed by atoms with Crippen molar-refractivity contribution in [3.05, 3.63) is 0 Å². The molecule has 30 valence electrons.